The molecule has 0 amide bonds. The maximum Gasteiger partial charge on any atom is 0.335 e. The van der Waals surface area contributed by atoms with E-state index < -0.39 is 5.97 Å². The zero-order valence-corrected chi connectivity index (χ0v) is 16.5. The SMILES string of the molecule is O=C(O)c1ccc(-c2ccc(-n3c(=O)n(C4CCNC4)c4ncccc43)cc2)c(O)c1. The molecule has 2 aromatic carbocycles. The third-order valence-corrected chi connectivity index (χ3v) is 5.71. The number of phenolic OH excluding ortho intramolecular Hbond substituents is 1. The molecule has 0 spiro atoms. The molecule has 8 nitrogen and oxygen atoms in total. The summed E-state index contributed by atoms with van der Waals surface area (Å²) in [5.74, 6) is -1.21. The first kappa shape index (κ1) is 19.1. The lowest BCUT2D eigenvalue weighted by Crippen LogP contribution is -2.28. The molecule has 1 unspecified atom stereocenters. The van der Waals surface area contributed by atoms with E-state index >= 15 is 0 Å². The molecular weight excluding hydrogens is 396 g/mol. The van der Waals surface area contributed by atoms with Crippen molar-refractivity contribution in [2.45, 2.75) is 12.5 Å². The van der Waals surface area contributed by atoms with Crippen molar-refractivity contribution < 1.29 is 15.0 Å². The summed E-state index contributed by atoms with van der Waals surface area (Å²) in [7, 11) is 0. The summed E-state index contributed by atoms with van der Waals surface area (Å²) in [6.07, 6.45) is 2.57. The summed E-state index contributed by atoms with van der Waals surface area (Å²) in [5, 5.41) is 22.6. The number of nitrogens with zero attached hydrogens (tertiary/aromatic N) is 3. The Balaban J connectivity index is 1.59. The van der Waals surface area contributed by atoms with E-state index in [4.69, 9.17) is 5.11 Å². The van der Waals surface area contributed by atoms with Crippen LogP contribution in [0.1, 0.15) is 22.8 Å². The standard InChI is InChI=1S/C23H20N4O4/c28-20-12-15(22(29)30)5-8-18(20)14-3-6-16(7-4-14)26-19-2-1-10-25-21(19)27(23(26)31)17-9-11-24-13-17/h1-8,10,12,17,24,28H,9,11,13H2,(H,29,30). The molecule has 156 valence electrons. The van der Waals surface area contributed by atoms with Crippen LogP contribution in [-0.2, 0) is 0 Å². The van der Waals surface area contributed by atoms with Crippen LogP contribution in [0.2, 0.25) is 0 Å². The van der Waals surface area contributed by atoms with Crippen molar-refractivity contribution in [2.75, 3.05) is 13.1 Å². The van der Waals surface area contributed by atoms with Gasteiger partial charge in [0.15, 0.2) is 5.65 Å². The van der Waals surface area contributed by atoms with Crippen LogP contribution in [0.25, 0.3) is 28.0 Å². The van der Waals surface area contributed by atoms with E-state index in [0.29, 0.717) is 22.5 Å². The zero-order valence-electron chi connectivity index (χ0n) is 16.5. The van der Waals surface area contributed by atoms with E-state index in [0.717, 1.165) is 25.0 Å². The fourth-order valence-corrected chi connectivity index (χ4v) is 4.19. The minimum absolute atomic E-state index is 0.0196. The number of phenols is 1. The molecule has 0 aliphatic carbocycles. The van der Waals surface area contributed by atoms with Gasteiger partial charge in [-0.1, -0.05) is 12.1 Å². The first-order chi connectivity index (χ1) is 15.0. The molecule has 1 aliphatic rings. The molecule has 0 saturated carbocycles. The smallest absolute Gasteiger partial charge is 0.335 e. The Morgan fingerprint density at radius 1 is 1.13 bits per heavy atom. The summed E-state index contributed by atoms with van der Waals surface area (Å²) in [4.78, 5) is 28.9. The normalized spacial score (nSPS) is 16.1. The Labute approximate surface area is 177 Å². The van der Waals surface area contributed by atoms with E-state index in [1.807, 2.05) is 24.3 Å². The lowest BCUT2D eigenvalue weighted by atomic mass is 10.0. The number of imidazole rings is 1. The quantitative estimate of drug-likeness (QED) is 0.472. The summed E-state index contributed by atoms with van der Waals surface area (Å²) in [6, 6.07) is 15.2. The first-order valence-corrected chi connectivity index (χ1v) is 10.0. The lowest BCUT2D eigenvalue weighted by molar-refractivity contribution is 0.0696. The number of pyridine rings is 1. The highest BCUT2D eigenvalue weighted by Crippen LogP contribution is 2.31. The second-order valence-corrected chi connectivity index (χ2v) is 7.56. The van der Waals surface area contributed by atoms with Gasteiger partial charge < -0.3 is 15.5 Å². The molecule has 1 saturated heterocycles. The number of hydrogen-bond donors (Lipinski definition) is 3. The number of carboxylic acids is 1. The highest BCUT2D eigenvalue weighted by atomic mass is 16.4. The molecule has 0 radical (unpaired) electrons. The maximum absolute atomic E-state index is 13.3. The Morgan fingerprint density at radius 2 is 1.94 bits per heavy atom. The maximum atomic E-state index is 13.3. The third-order valence-electron chi connectivity index (χ3n) is 5.71. The fraction of sp³-hybridized carbons (Fsp3) is 0.174. The van der Waals surface area contributed by atoms with Gasteiger partial charge in [-0.15, -0.1) is 0 Å². The van der Waals surface area contributed by atoms with Crippen molar-refractivity contribution >= 4 is 17.1 Å². The van der Waals surface area contributed by atoms with Crippen LogP contribution in [0, 0.1) is 0 Å². The number of aromatic hydroxyl groups is 1. The first-order valence-electron chi connectivity index (χ1n) is 10.0. The molecule has 2 aromatic heterocycles. The topological polar surface area (TPSA) is 109 Å². The van der Waals surface area contributed by atoms with Crippen LogP contribution in [0.3, 0.4) is 0 Å². The van der Waals surface area contributed by atoms with Gasteiger partial charge in [0, 0.05) is 18.3 Å². The number of nitrogens with one attached hydrogen (secondary N) is 1. The second kappa shape index (κ2) is 7.41. The van der Waals surface area contributed by atoms with Crippen LogP contribution in [0.4, 0.5) is 0 Å². The molecule has 1 atom stereocenters. The Kier molecular flexibility index (Phi) is 4.56. The Hall–Kier alpha value is -3.91. The van der Waals surface area contributed by atoms with Crippen molar-refractivity contribution in [1.29, 1.82) is 0 Å². The molecule has 8 heteroatoms. The van der Waals surface area contributed by atoms with Gasteiger partial charge in [-0.3, -0.25) is 9.13 Å². The molecule has 1 aliphatic heterocycles. The van der Waals surface area contributed by atoms with Gasteiger partial charge in [0.1, 0.15) is 5.75 Å². The van der Waals surface area contributed by atoms with Gasteiger partial charge in [-0.25, -0.2) is 14.6 Å². The minimum atomic E-state index is -1.10. The zero-order chi connectivity index (χ0) is 21.5. The Bertz CT molecular complexity index is 1350. The highest BCUT2D eigenvalue weighted by Gasteiger charge is 2.24. The van der Waals surface area contributed by atoms with Gasteiger partial charge in [-0.2, -0.15) is 0 Å². The van der Waals surface area contributed by atoms with Crippen molar-refractivity contribution in [3.63, 3.8) is 0 Å². The van der Waals surface area contributed by atoms with Crippen LogP contribution in [-0.4, -0.2) is 43.4 Å². The molecule has 31 heavy (non-hydrogen) atoms. The predicted molar refractivity (Wildman–Crippen MR) is 116 cm³/mol. The van der Waals surface area contributed by atoms with Crippen molar-refractivity contribution in [3.8, 4) is 22.6 Å². The van der Waals surface area contributed by atoms with Crippen molar-refractivity contribution in [2.24, 2.45) is 0 Å². The summed E-state index contributed by atoms with van der Waals surface area (Å²) >= 11 is 0. The van der Waals surface area contributed by atoms with Crippen LogP contribution < -0.4 is 11.0 Å². The average Bonchev–Trinajstić information content (AvgIpc) is 3.39. The van der Waals surface area contributed by atoms with Gasteiger partial charge in [0.05, 0.1) is 22.8 Å². The van der Waals surface area contributed by atoms with Gasteiger partial charge in [0.25, 0.3) is 0 Å². The van der Waals surface area contributed by atoms with E-state index in [2.05, 4.69) is 10.3 Å². The number of benzene rings is 2. The lowest BCUT2D eigenvalue weighted by Gasteiger charge is -2.10. The molecule has 1 fully saturated rings. The monoisotopic (exact) mass is 416 g/mol. The number of aromatic carboxylic acids is 1. The molecule has 3 N–H and O–H groups in total. The summed E-state index contributed by atoms with van der Waals surface area (Å²) in [5.41, 5.74) is 3.21. The molecule has 3 heterocycles. The number of carboxylic acid groups (broad SMARTS) is 1. The third kappa shape index (κ3) is 3.17. The fourth-order valence-electron chi connectivity index (χ4n) is 4.19. The van der Waals surface area contributed by atoms with Crippen LogP contribution in [0.15, 0.2) is 65.6 Å². The predicted octanol–water partition coefficient (Wildman–Crippen LogP) is 2.79. The molecule has 5 rings (SSSR count). The number of aromatic nitrogens is 3. The van der Waals surface area contributed by atoms with Crippen molar-refractivity contribution in [1.82, 2.24) is 19.4 Å². The average molecular weight is 416 g/mol. The van der Waals surface area contributed by atoms with Crippen LogP contribution in [0.5, 0.6) is 5.75 Å². The van der Waals surface area contributed by atoms with E-state index in [1.54, 1.807) is 33.5 Å². The number of hydrogen-bond acceptors (Lipinski definition) is 5. The number of rotatable bonds is 4. The number of carbonyl (C=O) groups is 1. The van der Waals surface area contributed by atoms with Crippen LogP contribution >= 0.6 is 0 Å². The number of fused-ring (bicyclic) bond motifs is 1. The Morgan fingerprint density at radius 3 is 2.61 bits per heavy atom. The van der Waals surface area contributed by atoms with E-state index in [-0.39, 0.29) is 23.0 Å². The molecule has 4 aromatic rings. The molecule has 0 bridgehead atoms. The summed E-state index contributed by atoms with van der Waals surface area (Å²) < 4.78 is 3.41. The van der Waals surface area contributed by atoms with Crippen molar-refractivity contribution in [3.05, 3.63) is 76.8 Å². The minimum Gasteiger partial charge on any atom is -0.507 e. The highest BCUT2D eigenvalue weighted by molar-refractivity contribution is 5.89. The van der Waals surface area contributed by atoms with E-state index in [9.17, 15) is 14.7 Å². The van der Waals surface area contributed by atoms with Gasteiger partial charge >= 0.3 is 11.7 Å². The molecular formula is C23H20N4O4. The largest absolute Gasteiger partial charge is 0.507 e. The second-order valence-electron chi connectivity index (χ2n) is 7.56. The van der Waals surface area contributed by atoms with E-state index in [1.165, 1.54) is 12.1 Å². The van der Waals surface area contributed by atoms with Gasteiger partial charge in [-0.05, 0) is 61.0 Å². The summed E-state index contributed by atoms with van der Waals surface area (Å²) in [6.45, 7) is 1.61. The van der Waals surface area contributed by atoms with Gasteiger partial charge in [0.2, 0.25) is 0 Å².